The molecular formula is C13H13FN2O2. The number of nitrogens with one attached hydrogen (secondary N) is 1. The Balaban J connectivity index is 2.01. The molecule has 18 heavy (non-hydrogen) atoms. The fraction of sp³-hybridized carbons (Fsp3) is 0.385. The standard InChI is InChI=1S/C13H13FN2O2/c14-7-4-5-10-11(6-7)16-12(15-10)8-2-1-3-9(8)13(17)18/h4-6,8-9H,1-3H2,(H,15,16)(H,17,18). The number of imidazole rings is 1. The number of H-pyrrole nitrogens is 1. The van der Waals surface area contributed by atoms with E-state index in [0.717, 1.165) is 12.8 Å². The van der Waals surface area contributed by atoms with Gasteiger partial charge in [0.15, 0.2) is 0 Å². The molecule has 0 saturated heterocycles. The van der Waals surface area contributed by atoms with E-state index in [1.165, 1.54) is 12.1 Å². The van der Waals surface area contributed by atoms with Crippen molar-refractivity contribution in [3.8, 4) is 0 Å². The Morgan fingerprint density at radius 3 is 3.06 bits per heavy atom. The summed E-state index contributed by atoms with van der Waals surface area (Å²) in [7, 11) is 0. The molecule has 1 fully saturated rings. The maximum atomic E-state index is 13.1. The van der Waals surface area contributed by atoms with E-state index in [9.17, 15) is 9.18 Å². The van der Waals surface area contributed by atoms with Gasteiger partial charge in [-0.05, 0) is 31.0 Å². The van der Waals surface area contributed by atoms with Gasteiger partial charge in [-0.3, -0.25) is 4.79 Å². The maximum Gasteiger partial charge on any atom is 0.307 e. The highest BCUT2D eigenvalue weighted by Gasteiger charge is 2.35. The van der Waals surface area contributed by atoms with Crippen LogP contribution in [-0.4, -0.2) is 21.0 Å². The molecule has 0 bridgehead atoms. The van der Waals surface area contributed by atoms with Crippen molar-refractivity contribution in [2.45, 2.75) is 25.2 Å². The van der Waals surface area contributed by atoms with Gasteiger partial charge in [-0.2, -0.15) is 0 Å². The molecule has 3 rings (SSSR count). The van der Waals surface area contributed by atoms with Crippen molar-refractivity contribution in [1.82, 2.24) is 9.97 Å². The van der Waals surface area contributed by atoms with Gasteiger partial charge < -0.3 is 10.1 Å². The third-order valence-electron chi connectivity index (χ3n) is 3.65. The molecule has 2 aromatic rings. The van der Waals surface area contributed by atoms with Crippen LogP contribution in [0.25, 0.3) is 11.0 Å². The fourth-order valence-corrected chi connectivity index (χ4v) is 2.76. The molecule has 1 aromatic heterocycles. The highest BCUT2D eigenvalue weighted by molar-refractivity contribution is 5.76. The first-order valence-electron chi connectivity index (χ1n) is 6.03. The predicted octanol–water partition coefficient (Wildman–Crippen LogP) is 2.67. The van der Waals surface area contributed by atoms with Crippen molar-refractivity contribution in [1.29, 1.82) is 0 Å². The number of rotatable bonds is 2. The van der Waals surface area contributed by atoms with Gasteiger partial charge in [0.05, 0.1) is 17.0 Å². The highest BCUT2D eigenvalue weighted by Crippen LogP contribution is 2.39. The molecule has 2 atom stereocenters. The predicted molar refractivity (Wildman–Crippen MR) is 63.8 cm³/mol. The van der Waals surface area contributed by atoms with E-state index in [0.29, 0.717) is 23.3 Å². The van der Waals surface area contributed by atoms with Crippen LogP contribution in [0.4, 0.5) is 4.39 Å². The fourth-order valence-electron chi connectivity index (χ4n) is 2.76. The van der Waals surface area contributed by atoms with E-state index in [1.807, 2.05) is 0 Å². The van der Waals surface area contributed by atoms with Crippen molar-refractivity contribution >= 4 is 17.0 Å². The summed E-state index contributed by atoms with van der Waals surface area (Å²) in [5.74, 6) is -0.892. The lowest BCUT2D eigenvalue weighted by Gasteiger charge is -2.12. The summed E-state index contributed by atoms with van der Waals surface area (Å²) in [6.07, 6.45) is 2.40. The minimum absolute atomic E-state index is 0.0852. The first kappa shape index (κ1) is 11.2. The van der Waals surface area contributed by atoms with E-state index in [-0.39, 0.29) is 17.7 Å². The van der Waals surface area contributed by atoms with Crippen LogP contribution in [-0.2, 0) is 4.79 Å². The van der Waals surface area contributed by atoms with Crippen LogP contribution in [0, 0.1) is 11.7 Å². The monoisotopic (exact) mass is 248 g/mol. The Bertz CT molecular complexity index is 608. The van der Waals surface area contributed by atoms with Crippen LogP contribution in [0.3, 0.4) is 0 Å². The number of carboxylic acids is 1. The quantitative estimate of drug-likeness (QED) is 0.858. The summed E-state index contributed by atoms with van der Waals surface area (Å²) in [5, 5.41) is 9.16. The minimum atomic E-state index is -0.774. The molecular weight excluding hydrogens is 235 g/mol. The lowest BCUT2D eigenvalue weighted by molar-refractivity contribution is -0.142. The second-order valence-electron chi connectivity index (χ2n) is 4.77. The highest BCUT2D eigenvalue weighted by atomic mass is 19.1. The molecule has 1 heterocycles. The van der Waals surface area contributed by atoms with E-state index >= 15 is 0 Å². The molecule has 4 nitrogen and oxygen atoms in total. The van der Waals surface area contributed by atoms with E-state index in [2.05, 4.69) is 9.97 Å². The van der Waals surface area contributed by atoms with Gasteiger partial charge in [0, 0.05) is 5.92 Å². The van der Waals surface area contributed by atoms with Gasteiger partial charge in [0.25, 0.3) is 0 Å². The zero-order valence-electron chi connectivity index (χ0n) is 9.69. The normalized spacial score (nSPS) is 23.6. The Morgan fingerprint density at radius 2 is 2.28 bits per heavy atom. The van der Waals surface area contributed by atoms with Crippen LogP contribution < -0.4 is 0 Å². The number of aliphatic carboxylic acids is 1. The summed E-state index contributed by atoms with van der Waals surface area (Å²) < 4.78 is 13.1. The molecule has 1 aliphatic carbocycles. The number of fused-ring (bicyclic) bond motifs is 1. The Morgan fingerprint density at radius 1 is 1.44 bits per heavy atom. The number of aromatic amines is 1. The number of nitrogens with zero attached hydrogens (tertiary/aromatic N) is 1. The molecule has 1 aromatic carbocycles. The van der Waals surface area contributed by atoms with Crippen LogP contribution in [0.5, 0.6) is 0 Å². The zero-order valence-corrected chi connectivity index (χ0v) is 9.69. The molecule has 0 amide bonds. The number of aromatic nitrogens is 2. The van der Waals surface area contributed by atoms with Gasteiger partial charge in [0.1, 0.15) is 11.6 Å². The second-order valence-corrected chi connectivity index (χ2v) is 4.77. The third-order valence-corrected chi connectivity index (χ3v) is 3.65. The van der Waals surface area contributed by atoms with Gasteiger partial charge >= 0.3 is 5.97 Å². The Labute approximate surface area is 103 Å². The Kier molecular flexibility index (Phi) is 2.54. The van der Waals surface area contributed by atoms with Crippen molar-refractivity contribution in [3.63, 3.8) is 0 Å². The van der Waals surface area contributed by atoms with Gasteiger partial charge in [-0.25, -0.2) is 9.37 Å². The van der Waals surface area contributed by atoms with Gasteiger partial charge in [-0.1, -0.05) is 6.42 Å². The van der Waals surface area contributed by atoms with E-state index in [4.69, 9.17) is 5.11 Å². The van der Waals surface area contributed by atoms with Crippen LogP contribution in [0.15, 0.2) is 18.2 Å². The van der Waals surface area contributed by atoms with Crippen molar-refractivity contribution < 1.29 is 14.3 Å². The SMILES string of the molecule is O=C(O)C1CCCC1c1nc2ccc(F)cc2[nH]1. The molecule has 1 aliphatic rings. The molecule has 94 valence electrons. The molecule has 0 aliphatic heterocycles. The summed E-state index contributed by atoms with van der Waals surface area (Å²) in [6, 6.07) is 4.35. The van der Waals surface area contributed by atoms with E-state index < -0.39 is 5.97 Å². The maximum absolute atomic E-state index is 13.1. The first-order chi connectivity index (χ1) is 8.65. The number of benzene rings is 1. The molecule has 2 N–H and O–H groups in total. The van der Waals surface area contributed by atoms with E-state index in [1.54, 1.807) is 6.07 Å². The summed E-state index contributed by atoms with van der Waals surface area (Å²) >= 11 is 0. The molecule has 2 unspecified atom stereocenters. The van der Waals surface area contributed by atoms with Gasteiger partial charge in [0.2, 0.25) is 0 Å². The number of carboxylic acid groups (broad SMARTS) is 1. The average molecular weight is 248 g/mol. The van der Waals surface area contributed by atoms with Crippen molar-refractivity contribution in [3.05, 3.63) is 29.8 Å². The van der Waals surface area contributed by atoms with Crippen LogP contribution >= 0.6 is 0 Å². The van der Waals surface area contributed by atoms with Crippen molar-refractivity contribution in [2.75, 3.05) is 0 Å². The Hall–Kier alpha value is -1.91. The van der Waals surface area contributed by atoms with Crippen LogP contribution in [0.2, 0.25) is 0 Å². The summed E-state index contributed by atoms with van der Waals surface area (Å²) in [6.45, 7) is 0. The van der Waals surface area contributed by atoms with Crippen LogP contribution in [0.1, 0.15) is 31.0 Å². The molecule has 1 saturated carbocycles. The molecule has 0 radical (unpaired) electrons. The number of carbonyl (C=O) groups is 1. The molecule has 0 spiro atoms. The zero-order chi connectivity index (χ0) is 12.7. The lowest BCUT2D eigenvalue weighted by atomic mass is 9.96. The van der Waals surface area contributed by atoms with Crippen molar-refractivity contribution in [2.24, 2.45) is 5.92 Å². The molecule has 5 heteroatoms. The third kappa shape index (κ3) is 1.75. The lowest BCUT2D eigenvalue weighted by Crippen LogP contribution is -2.17. The summed E-state index contributed by atoms with van der Waals surface area (Å²) in [5.41, 5.74) is 1.31. The number of hydrogen-bond donors (Lipinski definition) is 2. The minimum Gasteiger partial charge on any atom is -0.481 e. The summed E-state index contributed by atoms with van der Waals surface area (Å²) in [4.78, 5) is 18.6. The average Bonchev–Trinajstić information content (AvgIpc) is 2.93. The first-order valence-corrected chi connectivity index (χ1v) is 6.03. The number of hydrogen-bond acceptors (Lipinski definition) is 2. The largest absolute Gasteiger partial charge is 0.481 e. The smallest absolute Gasteiger partial charge is 0.307 e. The second kappa shape index (κ2) is 4.08. The van der Waals surface area contributed by atoms with Gasteiger partial charge in [-0.15, -0.1) is 0 Å². The number of halogens is 1. The topological polar surface area (TPSA) is 66.0 Å².